The van der Waals surface area contributed by atoms with E-state index >= 15 is 0 Å². The number of anilines is 1. The molecule has 0 spiro atoms. The molecule has 1 N–H and O–H groups in total. The van der Waals surface area contributed by atoms with Crippen LogP contribution in [-0.4, -0.2) is 39.5 Å². The minimum Gasteiger partial charge on any atom is -0.381 e. The van der Waals surface area contributed by atoms with Gasteiger partial charge in [0, 0.05) is 17.6 Å². The summed E-state index contributed by atoms with van der Waals surface area (Å²) in [5, 5.41) is 3.59. The quantitative estimate of drug-likeness (QED) is 0.911. The molecule has 0 unspecified atom stereocenters. The maximum absolute atomic E-state index is 12.9. The molecule has 4 nitrogen and oxygen atoms in total. The third kappa shape index (κ3) is 2.62. The van der Waals surface area contributed by atoms with E-state index in [2.05, 4.69) is 17.3 Å². The Hall–Kier alpha value is -1.85. The van der Waals surface area contributed by atoms with Gasteiger partial charge in [0.2, 0.25) is 9.84 Å². The van der Waals surface area contributed by atoms with E-state index in [9.17, 15) is 8.42 Å². The topological polar surface area (TPSA) is 49.4 Å². The summed E-state index contributed by atoms with van der Waals surface area (Å²) in [6.45, 7) is 2.13. The van der Waals surface area contributed by atoms with Crippen molar-refractivity contribution in [1.29, 1.82) is 0 Å². The second-order valence-corrected chi connectivity index (χ2v) is 8.75. The molecule has 126 valence electrons. The number of benzene rings is 2. The Morgan fingerprint density at radius 1 is 1.00 bits per heavy atom. The Morgan fingerprint density at radius 2 is 1.75 bits per heavy atom. The molecule has 0 bridgehead atoms. The van der Waals surface area contributed by atoms with E-state index < -0.39 is 9.84 Å². The minimum atomic E-state index is -3.46. The number of nitrogens with zero attached hydrogens (tertiary/aromatic N) is 1. The lowest BCUT2D eigenvalue weighted by molar-refractivity contribution is 0.346. The van der Waals surface area contributed by atoms with Crippen molar-refractivity contribution in [3.05, 3.63) is 54.1 Å². The Bertz CT molecular complexity index is 849. The zero-order valence-corrected chi connectivity index (χ0v) is 14.6. The summed E-state index contributed by atoms with van der Waals surface area (Å²) in [7, 11) is -1.31. The van der Waals surface area contributed by atoms with Crippen LogP contribution in [0.1, 0.15) is 24.3 Å². The number of sulfone groups is 1. The van der Waals surface area contributed by atoms with E-state index in [1.165, 1.54) is 0 Å². The highest BCUT2D eigenvalue weighted by molar-refractivity contribution is 7.91. The van der Waals surface area contributed by atoms with Crippen molar-refractivity contribution in [3.8, 4) is 0 Å². The number of fused-ring (bicyclic) bond motifs is 3. The molecule has 4 rings (SSSR count). The molecule has 24 heavy (non-hydrogen) atoms. The molecule has 5 heteroatoms. The molecule has 2 aliphatic heterocycles. The van der Waals surface area contributed by atoms with Gasteiger partial charge in [0.05, 0.1) is 9.79 Å². The Morgan fingerprint density at radius 3 is 2.54 bits per heavy atom. The van der Waals surface area contributed by atoms with Crippen LogP contribution in [0, 0.1) is 0 Å². The maximum Gasteiger partial charge on any atom is 0.206 e. The van der Waals surface area contributed by atoms with E-state index in [0.717, 1.165) is 37.2 Å². The van der Waals surface area contributed by atoms with Gasteiger partial charge in [-0.2, -0.15) is 0 Å². The van der Waals surface area contributed by atoms with Crippen molar-refractivity contribution in [2.75, 3.05) is 25.5 Å². The zero-order chi connectivity index (χ0) is 16.7. The first-order chi connectivity index (χ1) is 11.6. The van der Waals surface area contributed by atoms with Gasteiger partial charge in [0.25, 0.3) is 0 Å². The molecule has 2 aromatic carbocycles. The van der Waals surface area contributed by atoms with Gasteiger partial charge in [-0.25, -0.2) is 8.42 Å². The van der Waals surface area contributed by atoms with Crippen molar-refractivity contribution < 1.29 is 8.42 Å². The highest BCUT2D eigenvalue weighted by atomic mass is 32.2. The summed E-state index contributed by atoms with van der Waals surface area (Å²) < 4.78 is 25.8. The maximum atomic E-state index is 12.9. The van der Waals surface area contributed by atoms with Gasteiger partial charge in [-0.05, 0) is 68.9 Å². The molecule has 1 saturated heterocycles. The van der Waals surface area contributed by atoms with Crippen molar-refractivity contribution >= 4 is 15.5 Å². The SMILES string of the molecule is CN1CC[C@H]2Nc3ccc(S(=O)(=O)c4ccccc4)cc3[C@@H]2CC1. The van der Waals surface area contributed by atoms with Crippen LogP contribution in [0.5, 0.6) is 0 Å². The number of nitrogens with one attached hydrogen (secondary N) is 1. The fourth-order valence-electron chi connectivity index (χ4n) is 3.86. The van der Waals surface area contributed by atoms with Crippen LogP contribution >= 0.6 is 0 Å². The van der Waals surface area contributed by atoms with Gasteiger partial charge in [-0.15, -0.1) is 0 Å². The second kappa shape index (κ2) is 5.90. The van der Waals surface area contributed by atoms with E-state index in [4.69, 9.17) is 0 Å². The molecular weight excluding hydrogens is 320 g/mol. The molecule has 0 saturated carbocycles. The lowest BCUT2D eigenvalue weighted by Gasteiger charge is -2.16. The molecule has 0 radical (unpaired) electrons. The highest BCUT2D eigenvalue weighted by Crippen LogP contribution is 2.42. The van der Waals surface area contributed by atoms with Crippen LogP contribution in [0.2, 0.25) is 0 Å². The lowest BCUT2D eigenvalue weighted by atomic mass is 9.91. The molecular formula is C19H22N2O2S. The Balaban J connectivity index is 1.72. The highest BCUT2D eigenvalue weighted by Gasteiger charge is 2.34. The summed E-state index contributed by atoms with van der Waals surface area (Å²) in [5.74, 6) is 0.399. The average Bonchev–Trinajstić information content (AvgIpc) is 2.85. The first kappa shape index (κ1) is 15.7. The Kier molecular flexibility index (Phi) is 3.85. The van der Waals surface area contributed by atoms with Gasteiger partial charge < -0.3 is 10.2 Å². The van der Waals surface area contributed by atoms with Crippen LogP contribution in [0.3, 0.4) is 0 Å². The number of hydrogen-bond donors (Lipinski definition) is 1. The fourth-order valence-corrected chi connectivity index (χ4v) is 5.18. The van der Waals surface area contributed by atoms with Gasteiger partial charge in [-0.3, -0.25) is 0 Å². The van der Waals surface area contributed by atoms with Crippen LogP contribution in [0.4, 0.5) is 5.69 Å². The fraction of sp³-hybridized carbons (Fsp3) is 0.368. The van der Waals surface area contributed by atoms with E-state index in [1.54, 1.807) is 30.3 Å². The number of likely N-dealkylation sites (tertiary alicyclic amines) is 1. The van der Waals surface area contributed by atoms with E-state index in [-0.39, 0.29) is 0 Å². The van der Waals surface area contributed by atoms with Crippen molar-refractivity contribution in [2.45, 2.75) is 34.6 Å². The van der Waals surface area contributed by atoms with Crippen molar-refractivity contribution in [1.82, 2.24) is 4.90 Å². The number of rotatable bonds is 2. The molecule has 2 heterocycles. The van der Waals surface area contributed by atoms with Crippen LogP contribution < -0.4 is 5.32 Å². The molecule has 2 atom stereocenters. The summed E-state index contributed by atoms with van der Waals surface area (Å²) in [4.78, 5) is 3.10. The molecule has 0 amide bonds. The number of hydrogen-bond acceptors (Lipinski definition) is 4. The average molecular weight is 342 g/mol. The molecule has 2 aromatic rings. The van der Waals surface area contributed by atoms with Gasteiger partial charge in [0.15, 0.2) is 0 Å². The van der Waals surface area contributed by atoms with E-state index in [1.807, 2.05) is 18.2 Å². The second-order valence-electron chi connectivity index (χ2n) is 6.80. The molecule has 2 aliphatic rings. The van der Waals surface area contributed by atoms with Crippen LogP contribution in [0.25, 0.3) is 0 Å². The largest absolute Gasteiger partial charge is 0.381 e. The summed E-state index contributed by atoms with van der Waals surface area (Å²) in [6, 6.07) is 14.6. The molecule has 0 aliphatic carbocycles. The summed E-state index contributed by atoms with van der Waals surface area (Å²) >= 11 is 0. The molecule has 1 fully saturated rings. The predicted molar refractivity (Wildman–Crippen MR) is 95.2 cm³/mol. The smallest absolute Gasteiger partial charge is 0.206 e. The van der Waals surface area contributed by atoms with E-state index in [0.29, 0.717) is 21.8 Å². The van der Waals surface area contributed by atoms with Crippen molar-refractivity contribution in [2.24, 2.45) is 0 Å². The zero-order valence-electron chi connectivity index (χ0n) is 13.8. The first-order valence-electron chi connectivity index (χ1n) is 8.45. The predicted octanol–water partition coefficient (Wildman–Crippen LogP) is 3.12. The first-order valence-corrected chi connectivity index (χ1v) is 9.93. The third-order valence-electron chi connectivity index (χ3n) is 5.26. The van der Waals surface area contributed by atoms with Gasteiger partial charge >= 0.3 is 0 Å². The summed E-state index contributed by atoms with van der Waals surface area (Å²) in [6.07, 6.45) is 2.16. The normalized spacial score (nSPS) is 23.9. The third-order valence-corrected chi connectivity index (χ3v) is 7.02. The lowest BCUT2D eigenvalue weighted by Crippen LogP contribution is -2.22. The Labute approximate surface area is 143 Å². The molecule has 0 aromatic heterocycles. The van der Waals surface area contributed by atoms with Crippen molar-refractivity contribution in [3.63, 3.8) is 0 Å². The summed E-state index contributed by atoms with van der Waals surface area (Å²) in [5.41, 5.74) is 2.26. The van der Waals surface area contributed by atoms with Gasteiger partial charge in [-0.1, -0.05) is 18.2 Å². The van der Waals surface area contributed by atoms with Gasteiger partial charge in [0.1, 0.15) is 0 Å². The van der Waals surface area contributed by atoms with Crippen LogP contribution in [0.15, 0.2) is 58.3 Å². The minimum absolute atomic E-state index is 0.355. The van der Waals surface area contributed by atoms with Crippen LogP contribution in [-0.2, 0) is 9.84 Å². The monoisotopic (exact) mass is 342 g/mol. The standard InChI is InChI=1S/C19H22N2O2S/c1-21-11-9-16-17-13-15(7-8-18(17)20-19(16)10-12-21)24(22,23)14-5-3-2-4-6-14/h2-8,13,16,19-20H,9-12H2,1H3/t16-,19+/m0/s1.